The Balaban J connectivity index is 2.80. The van der Waals surface area contributed by atoms with Gasteiger partial charge in [0.1, 0.15) is 11.3 Å². The average Bonchev–Trinajstić information content (AvgIpc) is 2.66. The van der Waals surface area contributed by atoms with Crippen LogP contribution in [0.2, 0.25) is 0 Å². The molecular formula is C14H19ClN2O2S. The fourth-order valence-electron chi connectivity index (χ4n) is 2.30. The zero-order chi connectivity index (χ0) is 15.1. The van der Waals surface area contributed by atoms with Crippen LogP contribution in [0.3, 0.4) is 0 Å². The van der Waals surface area contributed by atoms with E-state index in [4.69, 9.17) is 11.6 Å². The molecule has 20 heavy (non-hydrogen) atoms. The molecule has 0 aliphatic carbocycles. The second-order valence-corrected chi connectivity index (χ2v) is 8.13. The maximum Gasteiger partial charge on any atom is 0.177 e. The molecule has 0 radical (unpaired) electrons. The maximum atomic E-state index is 11.9. The van der Waals surface area contributed by atoms with Crippen LogP contribution in [0.15, 0.2) is 23.1 Å². The van der Waals surface area contributed by atoms with Crippen LogP contribution in [-0.2, 0) is 16.4 Å². The Kier molecular flexibility index (Phi) is 4.12. The van der Waals surface area contributed by atoms with Crippen molar-refractivity contribution in [2.75, 3.05) is 6.26 Å². The fraction of sp³-hybridized carbons (Fsp3) is 0.500. The Labute approximate surface area is 124 Å². The van der Waals surface area contributed by atoms with Crippen LogP contribution in [0, 0.1) is 5.92 Å². The number of alkyl halides is 1. The van der Waals surface area contributed by atoms with Crippen molar-refractivity contribution >= 4 is 32.5 Å². The number of aromatic nitrogens is 2. The SMILES string of the molecule is CC(C)Cn1c(C(C)Cl)nc2c(S(C)(=O)=O)cccc21. The van der Waals surface area contributed by atoms with Crippen molar-refractivity contribution in [3.63, 3.8) is 0 Å². The third kappa shape index (κ3) is 2.83. The van der Waals surface area contributed by atoms with Gasteiger partial charge in [-0.3, -0.25) is 0 Å². The van der Waals surface area contributed by atoms with E-state index in [-0.39, 0.29) is 10.3 Å². The van der Waals surface area contributed by atoms with Gasteiger partial charge >= 0.3 is 0 Å². The van der Waals surface area contributed by atoms with Gasteiger partial charge in [-0.2, -0.15) is 0 Å². The molecule has 0 fully saturated rings. The molecule has 4 nitrogen and oxygen atoms in total. The van der Waals surface area contributed by atoms with Crippen molar-refractivity contribution in [3.05, 3.63) is 24.0 Å². The molecule has 0 saturated heterocycles. The smallest absolute Gasteiger partial charge is 0.177 e. The topological polar surface area (TPSA) is 52.0 Å². The van der Waals surface area contributed by atoms with Gasteiger partial charge in [-0.1, -0.05) is 19.9 Å². The standard InChI is InChI=1S/C14H19ClN2O2S/c1-9(2)8-17-11-6-5-7-12(20(4,18)19)13(11)16-14(17)10(3)15/h5-7,9-10H,8H2,1-4H3. The molecule has 0 amide bonds. The van der Waals surface area contributed by atoms with E-state index in [1.165, 1.54) is 6.26 Å². The fourth-order valence-corrected chi connectivity index (χ4v) is 3.29. The van der Waals surface area contributed by atoms with Crippen LogP contribution < -0.4 is 0 Å². The van der Waals surface area contributed by atoms with Gasteiger partial charge in [0, 0.05) is 12.8 Å². The van der Waals surface area contributed by atoms with Crippen LogP contribution in [0.1, 0.15) is 32.0 Å². The van der Waals surface area contributed by atoms with Crippen molar-refractivity contribution in [1.29, 1.82) is 0 Å². The van der Waals surface area contributed by atoms with Gasteiger partial charge in [0.2, 0.25) is 0 Å². The highest BCUT2D eigenvalue weighted by Crippen LogP contribution is 2.29. The number of halogens is 1. The summed E-state index contributed by atoms with van der Waals surface area (Å²) >= 11 is 6.20. The molecule has 1 aromatic heterocycles. The zero-order valence-corrected chi connectivity index (χ0v) is 13.7. The first-order valence-electron chi connectivity index (χ1n) is 6.55. The third-order valence-corrected chi connectivity index (χ3v) is 4.40. The Hall–Kier alpha value is -1.07. The summed E-state index contributed by atoms with van der Waals surface area (Å²) in [6, 6.07) is 5.23. The summed E-state index contributed by atoms with van der Waals surface area (Å²) in [6.45, 7) is 6.82. The molecule has 110 valence electrons. The normalized spacial score (nSPS) is 14.1. The highest BCUT2D eigenvalue weighted by Gasteiger charge is 2.20. The Morgan fingerprint density at radius 2 is 1.95 bits per heavy atom. The predicted octanol–water partition coefficient (Wildman–Crippen LogP) is 3.40. The van der Waals surface area contributed by atoms with E-state index >= 15 is 0 Å². The highest BCUT2D eigenvalue weighted by atomic mass is 35.5. The van der Waals surface area contributed by atoms with Crippen molar-refractivity contribution < 1.29 is 8.42 Å². The van der Waals surface area contributed by atoms with Gasteiger partial charge in [-0.25, -0.2) is 13.4 Å². The summed E-state index contributed by atoms with van der Waals surface area (Å²) < 4.78 is 25.8. The van der Waals surface area contributed by atoms with Crippen LogP contribution in [0.25, 0.3) is 11.0 Å². The molecule has 0 saturated carbocycles. The molecule has 1 unspecified atom stereocenters. The van der Waals surface area contributed by atoms with E-state index in [1.807, 2.05) is 17.6 Å². The van der Waals surface area contributed by atoms with Crippen LogP contribution in [0.5, 0.6) is 0 Å². The number of benzene rings is 1. The molecule has 1 atom stereocenters. The van der Waals surface area contributed by atoms with E-state index < -0.39 is 9.84 Å². The number of hydrogen-bond donors (Lipinski definition) is 0. The quantitative estimate of drug-likeness (QED) is 0.813. The van der Waals surface area contributed by atoms with Gasteiger partial charge in [0.25, 0.3) is 0 Å². The first kappa shape index (κ1) is 15.3. The second kappa shape index (κ2) is 5.37. The number of nitrogens with zero attached hydrogens (tertiary/aromatic N) is 2. The van der Waals surface area contributed by atoms with Crippen LogP contribution in [-0.4, -0.2) is 24.2 Å². The molecule has 0 N–H and O–H groups in total. The summed E-state index contributed by atoms with van der Waals surface area (Å²) in [4.78, 5) is 4.74. The summed E-state index contributed by atoms with van der Waals surface area (Å²) in [5.41, 5.74) is 1.34. The monoisotopic (exact) mass is 314 g/mol. The third-order valence-electron chi connectivity index (χ3n) is 3.07. The van der Waals surface area contributed by atoms with Crippen molar-refractivity contribution in [2.24, 2.45) is 5.92 Å². The van der Waals surface area contributed by atoms with Gasteiger partial charge in [-0.05, 0) is 25.0 Å². The lowest BCUT2D eigenvalue weighted by Gasteiger charge is -2.12. The largest absolute Gasteiger partial charge is 0.326 e. The Bertz CT molecular complexity index is 733. The Morgan fingerprint density at radius 3 is 2.45 bits per heavy atom. The summed E-state index contributed by atoms with van der Waals surface area (Å²) in [5.74, 6) is 1.13. The number of para-hydroxylation sites is 1. The number of hydrogen-bond acceptors (Lipinski definition) is 3. The van der Waals surface area contributed by atoms with Gasteiger partial charge in [0.15, 0.2) is 9.84 Å². The molecule has 6 heteroatoms. The molecule has 1 heterocycles. The van der Waals surface area contributed by atoms with E-state index in [9.17, 15) is 8.42 Å². The lowest BCUT2D eigenvalue weighted by atomic mass is 10.2. The van der Waals surface area contributed by atoms with E-state index in [1.54, 1.807) is 12.1 Å². The summed E-state index contributed by atoms with van der Waals surface area (Å²) in [5, 5.41) is -0.270. The predicted molar refractivity (Wildman–Crippen MR) is 81.9 cm³/mol. The molecule has 2 rings (SSSR count). The summed E-state index contributed by atoms with van der Waals surface area (Å²) in [7, 11) is -3.31. The van der Waals surface area contributed by atoms with Crippen molar-refractivity contribution in [3.8, 4) is 0 Å². The molecule has 0 aliphatic heterocycles. The molecule has 0 bridgehead atoms. The van der Waals surface area contributed by atoms with E-state index in [0.29, 0.717) is 17.3 Å². The zero-order valence-electron chi connectivity index (χ0n) is 12.1. The van der Waals surface area contributed by atoms with Gasteiger partial charge < -0.3 is 4.57 Å². The van der Waals surface area contributed by atoms with Crippen molar-refractivity contribution in [1.82, 2.24) is 9.55 Å². The van der Waals surface area contributed by atoms with E-state index in [2.05, 4.69) is 18.8 Å². The Morgan fingerprint density at radius 1 is 1.30 bits per heavy atom. The first-order valence-corrected chi connectivity index (χ1v) is 8.88. The van der Waals surface area contributed by atoms with Crippen LogP contribution >= 0.6 is 11.6 Å². The van der Waals surface area contributed by atoms with Crippen LogP contribution in [0.4, 0.5) is 0 Å². The first-order chi connectivity index (χ1) is 9.21. The lowest BCUT2D eigenvalue weighted by Crippen LogP contribution is -2.09. The minimum absolute atomic E-state index is 0.260. The molecular weight excluding hydrogens is 296 g/mol. The number of rotatable bonds is 4. The van der Waals surface area contributed by atoms with E-state index in [0.717, 1.165) is 12.1 Å². The van der Waals surface area contributed by atoms with Gasteiger partial charge in [0.05, 0.1) is 15.8 Å². The molecule has 2 aromatic rings. The maximum absolute atomic E-state index is 11.9. The average molecular weight is 315 g/mol. The molecule has 1 aromatic carbocycles. The number of sulfone groups is 1. The molecule has 0 spiro atoms. The lowest BCUT2D eigenvalue weighted by molar-refractivity contribution is 0.517. The number of imidazole rings is 1. The van der Waals surface area contributed by atoms with Crippen molar-refractivity contribution in [2.45, 2.75) is 37.6 Å². The summed E-state index contributed by atoms with van der Waals surface area (Å²) in [6.07, 6.45) is 1.20. The highest BCUT2D eigenvalue weighted by molar-refractivity contribution is 7.91. The minimum Gasteiger partial charge on any atom is -0.326 e. The van der Waals surface area contributed by atoms with Gasteiger partial charge in [-0.15, -0.1) is 11.6 Å². The second-order valence-electron chi connectivity index (χ2n) is 5.49. The minimum atomic E-state index is -3.31. The number of fused-ring (bicyclic) bond motifs is 1. The molecule has 0 aliphatic rings.